The Labute approximate surface area is 197 Å². The highest BCUT2D eigenvalue weighted by atomic mass is 17.3. The molecule has 0 aliphatic heterocycles. The molecule has 32 heavy (non-hydrogen) atoms. The first-order valence-corrected chi connectivity index (χ1v) is 13.2. The van der Waals surface area contributed by atoms with Crippen LogP contribution in [0, 0.1) is 0 Å². The molecule has 0 bridgehead atoms. The van der Waals surface area contributed by atoms with Gasteiger partial charge in [0.15, 0.2) is 0 Å². The van der Waals surface area contributed by atoms with Crippen molar-refractivity contribution in [2.45, 2.75) is 155 Å². The topological polar surface area (TPSA) is 71.1 Å². The molecule has 0 spiro atoms. The van der Waals surface area contributed by atoms with Crippen LogP contribution in [0.5, 0.6) is 0 Å². The van der Waals surface area contributed by atoms with E-state index in [-0.39, 0.29) is 12.2 Å². The first-order valence-electron chi connectivity index (χ1n) is 13.2. The quantitative estimate of drug-likeness (QED) is 0.0784. The summed E-state index contributed by atoms with van der Waals surface area (Å²) in [6.07, 6.45) is 18.6. The first kappa shape index (κ1) is 30.5. The van der Waals surface area contributed by atoms with E-state index >= 15 is 0 Å². The van der Waals surface area contributed by atoms with Crippen LogP contribution in [0.4, 0.5) is 9.59 Å². The monoisotopic (exact) mass is 458 g/mol. The molecule has 0 saturated heterocycles. The zero-order valence-corrected chi connectivity index (χ0v) is 21.3. The molecule has 0 aromatic heterocycles. The summed E-state index contributed by atoms with van der Waals surface area (Å²) < 4.78 is 10.2. The maximum atomic E-state index is 11.6. The third-order valence-electron chi connectivity index (χ3n) is 5.70. The zero-order chi connectivity index (χ0) is 23.9. The zero-order valence-electron chi connectivity index (χ0n) is 21.3. The summed E-state index contributed by atoms with van der Waals surface area (Å²) in [5.41, 5.74) is 0. The van der Waals surface area contributed by atoms with Crippen LogP contribution in [-0.2, 0) is 19.2 Å². The fraction of sp³-hybridized carbons (Fsp3) is 0.923. The number of unbranched alkanes of at least 4 members (excludes halogenated alkanes) is 14. The molecule has 0 aromatic rings. The van der Waals surface area contributed by atoms with Gasteiger partial charge in [0.1, 0.15) is 12.2 Å². The fourth-order valence-electron chi connectivity index (χ4n) is 3.69. The van der Waals surface area contributed by atoms with Crippen LogP contribution >= 0.6 is 0 Å². The molecule has 0 saturated carbocycles. The standard InChI is InChI=1S/C26H50O6/c1-5-7-9-11-13-15-17-19-21-23(3)29-25(27)31-32-26(28)30-24(4)22-20-18-16-14-12-10-8-6-2/h23-24H,5-22H2,1-4H3. The van der Waals surface area contributed by atoms with Crippen molar-refractivity contribution in [3.8, 4) is 0 Å². The van der Waals surface area contributed by atoms with Gasteiger partial charge in [-0.1, -0.05) is 104 Å². The summed E-state index contributed by atoms with van der Waals surface area (Å²) in [7, 11) is 0. The Balaban J connectivity index is 3.61. The van der Waals surface area contributed by atoms with E-state index in [2.05, 4.69) is 23.6 Å². The largest absolute Gasteiger partial charge is 0.550 e. The van der Waals surface area contributed by atoms with Crippen molar-refractivity contribution in [1.29, 1.82) is 0 Å². The maximum absolute atomic E-state index is 11.6. The van der Waals surface area contributed by atoms with Gasteiger partial charge in [-0.15, -0.1) is 0 Å². The van der Waals surface area contributed by atoms with Gasteiger partial charge in [-0.2, -0.15) is 19.4 Å². The highest BCUT2D eigenvalue weighted by molar-refractivity contribution is 5.63. The van der Waals surface area contributed by atoms with E-state index in [1.807, 2.05) is 13.8 Å². The van der Waals surface area contributed by atoms with E-state index < -0.39 is 12.3 Å². The Hall–Kier alpha value is -1.46. The first-order chi connectivity index (χ1) is 15.5. The van der Waals surface area contributed by atoms with Gasteiger partial charge in [-0.25, -0.2) is 0 Å². The van der Waals surface area contributed by atoms with Gasteiger partial charge in [-0.05, 0) is 39.5 Å². The molecule has 0 amide bonds. The van der Waals surface area contributed by atoms with E-state index in [0.717, 1.165) is 38.5 Å². The minimum Gasteiger partial charge on any atom is -0.429 e. The molecule has 0 N–H and O–H groups in total. The lowest BCUT2D eigenvalue weighted by Crippen LogP contribution is -2.21. The minimum absolute atomic E-state index is 0.275. The molecule has 0 radical (unpaired) electrons. The van der Waals surface area contributed by atoms with Crippen molar-refractivity contribution >= 4 is 12.3 Å². The second-order valence-electron chi connectivity index (χ2n) is 9.05. The number of hydrogen-bond acceptors (Lipinski definition) is 6. The average Bonchev–Trinajstić information content (AvgIpc) is 2.76. The van der Waals surface area contributed by atoms with Crippen molar-refractivity contribution in [3.05, 3.63) is 0 Å². The van der Waals surface area contributed by atoms with E-state index in [9.17, 15) is 9.59 Å². The fourth-order valence-corrected chi connectivity index (χ4v) is 3.69. The van der Waals surface area contributed by atoms with Crippen LogP contribution in [-0.4, -0.2) is 24.5 Å². The van der Waals surface area contributed by atoms with Gasteiger partial charge in [0.25, 0.3) is 0 Å². The van der Waals surface area contributed by atoms with E-state index in [1.54, 1.807) is 0 Å². The maximum Gasteiger partial charge on any atom is 0.550 e. The normalized spacial score (nSPS) is 12.8. The van der Waals surface area contributed by atoms with Crippen LogP contribution in [0.25, 0.3) is 0 Å². The number of hydrogen-bond donors (Lipinski definition) is 0. The molecular weight excluding hydrogens is 408 g/mol. The van der Waals surface area contributed by atoms with Crippen molar-refractivity contribution in [3.63, 3.8) is 0 Å². The Morgan fingerprint density at radius 2 is 0.781 bits per heavy atom. The highest BCUT2D eigenvalue weighted by Crippen LogP contribution is 2.13. The Kier molecular flexibility index (Phi) is 21.7. The molecule has 6 heteroatoms. The highest BCUT2D eigenvalue weighted by Gasteiger charge is 2.17. The second kappa shape index (κ2) is 22.7. The lowest BCUT2D eigenvalue weighted by atomic mass is 10.1. The number of ether oxygens (including phenoxy) is 2. The SMILES string of the molecule is CCCCCCCCCCC(C)OC(=O)OOC(=O)OC(C)CCCCCCCCCC. The third kappa shape index (κ3) is 21.8. The Bertz CT molecular complexity index is 400. The van der Waals surface area contributed by atoms with E-state index in [1.165, 1.54) is 77.0 Å². The summed E-state index contributed by atoms with van der Waals surface area (Å²) in [5.74, 6) is 0. The van der Waals surface area contributed by atoms with Gasteiger partial charge in [0.05, 0.1) is 0 Å². The summed E-state index contributed by atoms with van der Waals surface area (Å²) in [5, 5.41) is 0. The Morgan fingerprint density at radius 1 is 0.500 bits per heavy atom. The lowest BCUT2D eigenvalue weighted by molar-refractivity contribution is -0.224. The minimum atomic E-state index is -1.01. The molecular formula is C26H50O6. The third-order valence-corrected chi connectivity index (χ3v) is 5.70. The molecule has 6 nitrogen and oxygen atoms in total. The number of carbonyl (C=O) groups is 2. The molecule has 0 fully saturated rings. The molecule has 0 aliphatic rings. The van der Waals surface area contributed by atoms with Gasteiger partial charge in [0.2, 0.25) is 0 Å². The van der Waals surface area contributed by atoms with Crippen molar-refractivity contribution in [1.82, 2.24) is 0 Å². The van der Waals surface area contributed by atoms with Crippen LogP contribution in [0.15, 0.2) is 0 Å². The molecule has 0 aromatic carbocycles. The molecule has 190 valence electrons. The predicted octanol–water partition coefficient (Wildman–Crippen LogP) is 9.05. The van der Waals surface area contributed by atoms with Crippen molar-refractivity contribution < 1.29 is 28.8 Å². The van der Waals surface area contributed by atoms with Crippen molar-refractivity contribution in [2.24, 2.45) is 0 Å². The molecule has 0 rings (SSSR count). The predicted molar refractivity (Wildman–Crippen MR) is 129 cm³/mol. The molecule has 2 unspecified atom stereocenters. The van der Waals surface area contributed by atoms with E-state index in [0.29, 0.717) is 0 Å². The number of rotatable bonds is 20. The van der Waals surface area contributed by atoms with Crippen LogP contribution in [0.2, 0.25) is 0 Å². The average molecular weight is 459 g/mol. The van der Waals surface area contributed by atoms with Crippen LogP contribution in [0.1, 0.15) is 143 Å². The van der Waals surface area contributed by atoms with Crippen molar-refractivity contribution in [2.75, 3.05) is 0 Å². The smallest absolute Gasteiger partial charge is 0.429 e. The summed E-state index contributed by atoms with van der Waals surface area (Å²) in [6, 6.07) is 0. The lowest BCUT2D eigenvalue weighted by Gasteiger charge is -2.13. The molecule has 2 atom stereocenters. The summed E-state index contributed by atoms with van der Waals surface area (Å²) in [4.78, 5) is 32.1. The van der Waals surface area contributed by atoms with Gasteiger partial charge >= 0.3 is 12.3 Å². The molecule has 0 aliphatic carbocycles. The van der Waals surface area contributed by atoms with Crippen LogP contribution in [0.3, 0.4) is 0 Å². The Morgan fingerprint density at radius 3 is 1.09 bits per heavy atom. The van der Waals surface area contributed by atoms with Gasteiger partial charge in [0, 0.05) is 0 Å². The number of carbonyl (C=O) groups excluding carboxylic acids is 2. The summed E-state index contributed by atoms with van der Waals surface area (Å²) >= 11 is 0. The van der Waals surface area contributed by atoms with Gasteiger partial charge < -0.3 is 9.47 Å². The van der Waals surface area contributed by atoms with Gasteiger partial charge in [-0.3, -0.25) is 0 Å². The summed E-state index contributed by atoms with van der Waals surface area (Å²) in [6.45, 7) is 8.07. The van der Waals surface area contributed by atoms with E-state index in [4.69, 9.17) is 9.47 Å². The molecule has 0 heterocycles. The van der Waals surface area contributed by atoms with Crippen LogP contribution < -0.4 is 0 Å². The second-order valence-corrected chi connectivity index (χ2v) is 9.05.